The van der Waals surface area contributed by atoms with Gasteiger partial charge in [-0.05, 0) is 43.0 Å². The molecule has 0 spiro atoms. The van der Waals surface area contributed by atoms with Crippen molar-refractivity contribution in [1.82, 2.24) is 5.32 Å². The van der Waals surface area contributed by atoms with E-state index in [9.17, 15) is 18.0 Å². The summed E-state index contributed by atoms with van der Waals surface area (Å²) in [5.74, 6) is 0.127. The molecule has 1 unspecified atom stereocenters. The van der Waals surface area contributed by atoms with Gasteiger partial charge in [0.25, 0.3) is 0 Å². The molecule has 0 aliphatic carbocycles. The molecule has 2 aromatic carbocycles. The summed E-state index contributed by atoms with van der Waals surface area (Å²) in [4.78, 5) is 11.9. The molecular weight excluding hydrogens is 343 g/mol. The first kappa shape index (κ1) is 19.8. The lowest BCUT2D eigenvalue weighted by Gasteiger charge is -2.22. The number of carbonyl (C=O) groups excluding carboxylic acids is 1. The normalized spacial score (nSPS) is 12.5. The van der Waals surface area contributed by atoms with Gasteiger partial charge in [-0.25, -0.2) is 0 Å². The monoisotopic (exact) mass is 365 g/mol. The van der Waals surface area contributed by atoms with Crippen LogP contribution >= 0.6 is 0 Å². The lowest BCUT2D eigenvalue weighted by atomic mass is 10.1. The molecule has 0 radical (unpaired) electrons. The zero-order chi connectivity index (χ0) is 19.0. The van der Waals surface area contributed by atoms with Gasteiger partial charge in [0, 0.05) is 6.42 Å². The molecule has 0 saturated carbocycles. The van der Waals surface area contributed by atoms with Gasteiger partial charge < -0.3 is 10.1 Å². The number of rotatable bonds is 8. The van der Waals surface area contributed by atoms with Gasteiger partial charge in [0.05, 0.1) is 6.61 Å². The summed E-state index contributed by atoms with van der Waals surface area (Å²) in [5.41, 5.74) is 1.11. The van der Waals surface area contributed by atoms with Gasteiger partial charge in [-0.2, -0.15) is 13.2 Å². The molecule has 0 saturated heterocycles. The van der Waals surface area contributed by atoms with Crippen molar-refractivity contribution in [3.8, 4) is 5.75 Å². The molecule has 2 rings (SSSR count). The Balaban J connectivity index is 1.76. The third-order valence-corrected chi connectivity index (χ3v) is 3.82. The fourth-order valence-corrected chi connectivity index (χ4v) is 2.52. The van der Waals surface area contributed by atoms with Crippen LogP contribution in [0.4, 0.5) is 13.2 Å². The molecule has 0 fully saturated rings. The molecule has 26 heavy (non-hydrogen) atoms. The zero-order valence-corrected chi connectivity index (χ0v) is 14.6. The first-order chi connectivity index (χ1) is 12.4. The van der Waals surface area contributed by atoms with Crippen LogP contribution in [0.1, 0.15) is 36.4 Å². The molecule has 0 aliphatic rings. The Morgan fingerprint density at radius 2 is 1.81 bits per heavy atom. The van der Waals surface area contributed by atoms with Crippen LogP contribution in [0.5, 0.6) is 5.75 Å². The van der Waals surface area contributed by atoms with Crippen molar-refractivity contribution in [2.45, 2.75) is 38.4 Å². The second-order valence-corrected chi connectivity index (χ2v) is 6.07. The van der Waals surface area contributed by atoms with E-state index in [-0.39, 0.29) is 12.0 Å². The van der Waals surface area contributed by atoms with Crippen molar-refractivity contribution < 1.29 is 22.7 Å². The Morgan fingerprint density at radius 1 is 1.08 bits per heavy atom. The average Bonchev–Trinajstić information content (AvgIpc) is 2.59. The third kappa shape index (κ3) is 6.43. The Labute approximate surface area is 151 Å². The minimum atomic E-state index is -4.54. The maximum Gasteiger partial charge on any atom is 0.412 e. The molecular formula is C20H22F3NO2. The maximum absolute atomic E-state index is 13.2. The molecule has 2 aromatic rings. The number of unbranched alkanes of at least 4 members (excludes halogenated alkanes) is 1. The molecule has 0 aromatic heterocycles. The minimum Gasteiger partial charge on any atom is -0.494 e. The van der Waals surface area contributed by atoms with Crippen LogP contribution < -0.4 is 10.1 Å². The Morgan fingerprint density at radius 3 is 2.46 bits per heavy atom. The van der Waals surface area contributed by atoms with E-state index in [1.807, 2.05) is 31.2 Å². The summed E-state index contributed by atoms with van der Waals surface area (Å²) in [6.07, 6.45) is -3.47. The minimum absolute atomic E-state index is 0.0242. The predicted molar refractivity (Wildman–Crippen MR) is 93.9 cm³/mol. The van der Waals surface area contributed by atoms with Crippen molar-refractivity contribution in [2.75, 3.05) is 6.61 Å². The molecule has 0 aliphatic heterocycles. The van der Waals surface area contributed by atoms with Crippen LogP contribution in [0.2, 0.25) is 0 Å². The average molecular weight is 365 g/mol. The molecule has 6 heteroatoms. The highest BCUT2D eigenvalue weighted by Crippen LogP contribution is 2.32. The molecule has 3 nitrogen and oxygen atoms in total. The lowest BCUT2D eigenvalue weighted by Crippen LogP contribution is -2.38. The highest BCUT2D eigenvalue weighted by Gasteiger charge is 2.41. The second kappa shape index (κ2) is 9.27. The SMILES string of the molecule is Cc1cccc(OCCCCC(=O)NC(c2ccccc2)C(F)(F)F)c1. The van der Waals surface area contributed by atoms with E-state index in [1.54, 1.807) is 6.07 Å². The van der Waals surface area contributed by atoms with Crippen LogP contribution in [0.3, 0.4) is 0 Å². The Hall–Kier alpha value is -2.50. The summed E-state index contributed by atoms with van der Waals surface area (Å²) in [6.45, 7) is 2.37. The first-order valence-electron chi connectivity index (χ1n) is 8.47. The number of amides is 1. The number of alkyl halides is 3. The summed E-state index contributed by atoms with van der Waals surface area (Å²) in [7, 11) is 0. The molecule has 1 N–H and O–H groups in total. The van der Waals surface area contributed by atoms with E-state index in [1.165, 1.54) is 24.3 Å². The fraction of sp³-hybridized carbons (Fsp3) is 0.350. The van der Waals surface area contributed by atoms with Crippen LogP contribution in [-0.2, 0) is 4.79 Å². The van der Waals surface area contributed by atoms with E-state index in [2.05, 4.69) is 5.32 Å². The summed E-state index contributed by atoms with van der Waals surface area (Å²) in [6, 6.07) is 13.0. The number of aryl methyl sites for hydroxylation is 1. The van der Waals surface area contributed by atoms with Crippen LogP contribution in [0.15, 0.2) is 54.6 Å². The standard InChI is InChI=1S/C20H22F3NO2/c1-15-8-7-11-17(14-15)26-13-6-5-12-18(25)24-19(20(21,22)23)16-9-3-2-4-10-16/h2-4,7-11,14,19H,5-6,12-13H2,1H3,(H,24,25). The van der Waals surface area contributed by atoms with Gasteiger partial charge in [-0.15, -0.1) is 0 Å². The van der Waals surface area contributed by atoms with Crippen molar-refractivity contribution in [3.63, 3.8) is 0 Å². The van der Waals surface area contributed by atoms with E-state index in [0.717, 1.165) is 11.3 Å². The Bertz CT molecular complexity index is 702. The highest BCUT2D eigenvalue weighted by molar-refractivity contribution is 5.76. The number of halogens is 3. The second-order valence-electron chi connectivity index (χ2n) is 6.07. The first-order valence-corrected chi connectivity index (χ1v) is 8.47. The van der Waals surface area contributed by atoms with Crippen molar-refractivity contribution in [1.29, 1.82) is 0 Å². The summed E-state index contributed by atoms with van der Waals surface area (Å²) in [5, 5.41) is 2.08. The molecule has 0 bridgehead atoms. The van der Waals surface area contributed by atoms with Gasteiger partial charge in [0.1, 0.15) is 5.75 Å². The molecule has 1 atom stereocenters. The lowest BCUT2D eigenvalue weighted by molar-refractivity contribution is -0.163. The number of nitrogens with one attached hydrogen (secondary N) is 1. The van der Waals surface area contributed by atoms with Gasteiger partial charge in [-0.3, -0.25) is 4.79 Å². The smallest absolute Gasteiger partial charge is 0.412 e. The number of benzene rings is 2. The van der Waals surface area contributed by atoms with Crippen molar-refractivity contribution >= 4 is 5.91 Å². The third-order valence-electron chi connectivity index (χ3n) is 3.82. The Kier molecular flexibility index (Phi) is 7.06. The topological polar surface area (TPSA) is 38.3 Å². The fourth-order valence-electron chi connectivity index (χ4n) is 2.52. The summed E-state index contributed by atoms with van der Waals surface area (Å²) < 4.78 is 45.1. The maximum atomic E-state index is 13.2. The zero-order valence-electron chi connectivity index (χ0n) is 14.6. The van der Waals surface area contributed by atoms with Crippen molar-refractivity contribution in [3.05, 3.63) is 65.7 Å². The van der Waals surface area contributed by atoms with Gasteiger partial charge in [-0.1, -0.05) is 42.5 Å². The molecule has 0 heterocycles. The van der Waals surface area contributed by atoms with Gasteiger partial charge in [0.15, 0.2) is 6.04 Å². The highest BCUT2D eigenvalue weighted by atomic mass is 19.4. The molecule has 1 amide bonds. The van der Waals surface area contributed by atoms with Gasteiger partial charge in [0.2, 0.25) is 5.91 Å². The number of carbonyl (C=O) groups is 1. The van der Waals surface area contributed by atoms with Gasteiger partial charge >= 0.3 is 6.18 Å². The molecule has 140 valence electrons. The predicted octanol–water partition coefficient (Wildman–Crippen LogP) is 4.96. The number of hydrogen-bond donors (Lipinski definition) is 1. The van der Waals surface area contributed by atoms with Crippen molar-refractivity contribution in [2.24, 2.45) is 0 Å². The quantitative estimate of drug-likeness (QED) is 0.671. The van der Waals surface area contributed by atoms with E-state index >= 15 is 0 Å². The van der Waals surface area contributed by atoms with E-state index < -0.39 is 18.1 Å². The number of ether oxygens (including phenoxy) is 1. The van der Waals surface area contributed by atoms with Crippen LogP contribution in [-0.4, -0.2) is 18.7 Å². The van der Waals surface area contributed by atoms with E-state index in [0.29, 0.717) is 19.4 Å². The summed E-state index contributed by atoms with van der Waals surface area (Å²) >= 11 is 0. The largest absolute Gasteiger partial charge is 0.494 e. The van der Waals surface area contributed by atoms with Crippen LogP contribution in [0.25, 0.3) is 0 Å². The van der Waals surface area contributed by atoms with Crippen LogP contribution in [0, 0.1) is 6.92 Å². The van der Waals surface area contributed by atoms with E-state index in [4.69, 9.17) is 4.74 Å². The number of hydrogen-bond acceptors (Lipinski definition) is 2.